The van der Waals surface area contributed by atoms with E-state index in [1.54, 1.807) is 18.2 Å². The molecule has 7 heteroatoms. The van der Waals surface area contributed by atoms with Gasteiger partial charge >= 0.3 is 0 Å². The lowest BCUT2D eigenvalue weighted by molar-refractivity contribution is 0.102. The average Bonchev–Trinajstić information content (AvgIpc) is 2.37. The van der Waals surface area contributed by atoms with Crippen LogP contribution in [0.3, 0.4) is 0 Å². The Morgan fingerprint density at radius 3 is 2.48 bits per heavy atom. The van der Waals surface area contributed by atoms with Crippen LogP contribution in [0.15, 0.2) is 45.3 Å². The Morgan fingerprint density at radius 1 is 1.14 bits per heavy atom. The first-order valence-corrected chi connectivity index (χ1v) is 7.73. The summed E-state index contributed by atoms with van der Waals surface area (Å²) in [6, 6.07) is 9.10. The van der Waals surface area contributed by atoms with Gasteiger partial charge in [0.25, 0.3) is 5.91 Å². The highest BCUT2D eigenvalue weighted by atomic mass is 79.9. The first-order chi connectivity index (χ1) is 9.86. The Morgan fingerprint density at radius 2 is 1.86 bits per heavy atom. The molecule has 2 aromatic carbocycles. The summed E-state index contributed by atoms with van der Waals surface area (Å²) in [5, 5.41) is 2.68. The molecule has 108 valence electrons. The number of benzene rings is 2. The third kappa shape index (κ3) is 4.09. The number of rotatable bonds is 3. The number of amides is 1. The quantitative estimate of drug-likeness (QED) is 0.714. The lowest BCUT2D eigenvalue weighted by Crippen LogP contribution is -2.17. The van der Waals surface area contributed by atoms with Gasteiger partial charge in [0.2, 0.25) is 0 Å². The minimum Gasteiger partial charge on any atom is -0.389 e. The molecule has 0 aliphatic carbocycles. The van der Waals surface area contributed by atoms with Gasteiger partial charge in [0.05, 0.1) is 5.69 Å². The van der Waals surface area contributed by atoms with Crippen molar-refractivity contribution in [3.63, 3.8) is 0 Å². The lowest BCUT2D eigenvalue weighted by atomic mass is 10.1. The van der Waals surface area contributed by atoms with Crippen molar-refractivity contribution in [3.05, 3.63) is 62.3 Å². The molecule has 3 nitrogen and oxygen atoms in total. The van der Waals surface area contributed by atoms with Crippen molar-refractivity contribution in [2.24, 2.45) is 5.73 Å². The molecule has 0 heterocycles. The van der Waals surface area contributed by atoms with E-state index < -0.39 is 11.7 Å². The third-order valence-electron chi connectivity index (χ3n) is 2.62. The van der Waals surface area contributed by atoms with Crippen molar-refractivity contribution in [1.29, 1.82) is 0 Å². The van der Waals surface area contributed by atoms with Gasteiger partial charge in [-0.1, -0.05) is 44.1 Å². The van der Waals surface area contributed by atoms with Gasteiger partial charge in [-0.05, 0) is 36.4 Å². The first-order valence-electron chi connectivity index (χ1n) is 5.73. The summed E-state index contributed by atoms with van der Waals surface area (Å²) < 4.78 is 14.6. The zero-order chi connectivity index (χ0) is 15.6. The standard InChI is InChI=1S/C14H9Br2FN2OS/c15-8-1-2-11(13(18)21)12(6-8)19-14(20)7-3-9(16)5-10(17)4-7/h1-6H,(H2,18,21)(H,19,20). The first kappa shape index (κ1) is 16.1. The van der Waals surface area contributed by atoms with E-state index in [9.17, 15) is 9.18 Å². The largest absolute Gasteiger partial charge is 0.389 e. The van der Waals surface area contributed by atoms with Crippen molar-refractivity contribution < 1.29 is 9.18 Å². The number of nitrogens with two attached hydrogens (primary N) is 1. The Labute approximate surface area is 143 Å². The monoisotopic (exact) mass is 430 g/mol. The van der Waals surface area contributed by atoms with Crippen LogP contribution in [0.2, 0.25) is 0 Å². The molecule has 0 aromatic heterocycles. The Hall–Kier alpha value is -1.31. The van der Waals surface area contributed by atoms with E-state index in [4.69, 9.17) is 18.0 Å². The van der Waals surface area contributed by atoms with Crippen LogP contribution in [0, 0.1) is 5.82 Å². The molecule has 0 saturated carbocycles. The zero-order valence-corrected chi connectivity index (χ0v) is 14.5. The summed E-state index contributed by atoms with van der Waals surface area (Å²) >= 11 is 11.4. The highest BCUT2D eigenvalue weighted by Gasteiger charge is 2.12. The number of thiocarbonyl (C=S) groups is 1. The van der Waals surface area contributed by atoms with Crippen LogP contribution >= 0.6 is 44.1 Å². The molecule has 0 aliphatic rings. The van der Waals surface area contributed by atoms with Gasteiger partial charge in [-0.2, -0.15) is 0 Å². The highest BCUT2D eigenvalue weighted by molar-refractivity contribution is 9.10. The normalized spacial score (nSPS) is 10.2. The smallest absolute Gasteiger partial charge is 0.255 e. The SMILES string of the molecule is NC(=S)c1ccc(Br)cc1NC(=O)c1cc(F)cc(Br)c1. The second-order valence-electron chi connectivity index (χ2n) is 4.17. The van der Waals surface area contributed by atoms with Crippen molar-refractivity contribution in [2.45, 2.75) is 0 Å². The van der Waals surface area contributed by atoms with E-state index in [1.165, 1.54) is 12.1 Å². The van der Waals surface area contributed by atoms with E-state index in [0.29, 0.717) is 15.7 Å². The molecule has 0 saturated heterocycles. The van der Waals surface area contributed by atoms with Crippen molar-refractivity contribution in [2.75, 3.05) is 5.32 Å². The van der Waals surface area contributed by atoms with Gasteiger partial charge in [-0.3, -0.25) is 4.79 Å². The predicted octanol–water partition coefficient (Wildman–Crippen LogP) is 4.24. The van der Waals surface area contributed by atoms with Gasteiger partial charge in [0.1, 0.15) is 10.8 Å². The number of nitrogens with one attached hydrogen (secondary N) is 1. The summed E-state index contributed by atoms with van der Waals surface area (Å²) in [5.41, 5.74) is 6.81. The predicted molar refractivity (Wildman–Crippen MR) is 92.1 cm³/mol. The van der Waals surface area contributed by atoms with E-state index in [-0.39, 0.29) is 10.6 Å². The zero-order valence-electron chi connectivity index (χ0n) is 10.5. The second kappa shape index (κ2) is 6.64. The van der Waals surface area contributed by atoms with Gasteiger partial charge in [0, 0.05) is 20.1 Å². The number of halogens is 3. The molecule has 0 radical (unpaired) electrons. The van der Waals surface area contributed by atoms with E-state index in [2.05, 4.69) is 37.2 Å². The fourth-order valence-electron chi connectivity index (χ4n) is 1.71. The maximum atomic E-state index is 13.3. The van der Waals surface area contributed by atoms with E-state index in [1.807, 2.05) is 0 Å². The van der Waals surface area contributed by atoms with Crippen LogP contribution in [-0.4, -0.2) is 10.9 Å². The van der Waals surface area contributed by atoms with Crippen LogP contribution in [-0.2, 0) is 0 Å². The Balaban J connectivity index is 2.35. The molecule has 0 unspecified atom stereocenters. The molecular formula is C14H9Br2FN2OS. The molecule has 0 aliphatic heterocycles. The Bertz CT molecular complexity index is 717. The van der Waals surface area contributed by atoms with E-state index >= 15 is 0 Å². The van der Waals surface area contributed by atoms with Crippen molar-refractivity contribution in [3.8, 4) is 0 Å². The summed E-state index contributed by atoms with van der Waals surface area (Å²) in [5.74, 6) is -0.955. The van der Waals surface area contributed by atoms with Crippen molar-refractivity contribution in [1.82, 2.24) is 0 Å². The average molecular weight is 432 g/mol. The fourth-order valence-corrected chi connectivity index (χ4v) is 2.72. The summed E-state index contributed by atoms with van der Waals surface area (Å²) in [4.78, 5) is 12.4. The number of carbonyl (C=O) groups is 1. The molecule has 0 spiro atoms. The number of anilines is 1. The summed E-state index contributed by atoms with van der Waals surface area (Å²) in [7, 11) is 0. The van der Waals surface area contributed by atoms with E-state index in [0.717, 1.165) is 10.5 Å². The van der Waals surface area contributed by atoms with Crippen LogP contribution in [0.1, 0.15) is 15.9 Å². The molecule has 21 heavy (non-hydrogen) atoms. The molecule has 1 amide bonds. The molecule has 0 atom stereocenters. The van der Waals surface area contributed by atoms with Gasteiger partial charge in [-0.25, -0.2) is 4.39 Å². The topological polar surface area (TPSA) is 55.1 Å². The molecule has 0 fully saturated rings. The number of hydrogen-bond acceptors (Lipinski definition) is 2. The minimum atomic E-state index is -0.502. The molecule has 2 aromatic rings. The van der Waals surface area contributed by atoms with Crippen LogP contribution in [0.4, 0.5) is 10.1 Å². The second-order valence-corrected chi connectivity index (χ2v) is 6.44. The molecular weight excluding hydrogens is 423 g/mol. The van der Waals surface area contributed by atoms with Crippen LogP contribution < -0.4 is 11.1 Å². The molecule has 0 bridgehead atoms. The molecule has 2 rings (SSSR count). The maximum absolute atomic E-state index is 13.3. The van der Waals surface area contributed by atoms with Crippen LogP contribution in [0.25, 0.3) is 0 Å². The lowest BCUT2D eigenvalue weighted by Gasteiger charge is -2.11. The highest BCUT2D eigenvalue weighted by Crippen LogP contribution is 2.23. The maximum Gasteiger partial charge on any atom is 0.255 e. The summed E-state index contributed by atoms with van der Waals surface area (Å²) in [6.45, 7) is 0. The molecule has 3 N–H and O–H groups in total. The minimum absolute atomic E-state index is 0.165. The van der Waals surface area contributed by atoms with Gasteiger partial charge in [0.15, 0.2) is 0 Å². The van der Waals surface area contributed by atoms with Gasteiger partial charge in [-0.15, -0.1) is 0 Å². The number of hydrogen-bond donors (Lipinski definition) is 2. The number of carbonyl (C=O) groups excluding carboxylic acids is 1. The summed E-state index contributed by atoms with van der Waals surface area (Å²) in [6.07, 6.45) is 0. The van der Waals surface area contributed by atoms with Gasteiger partial charge < -0.3 is 11.1 Å². The third-order valence-corrected chi connectivity index (χ3v) is 3.79. The van der Waals surface area contributed by atoms with Crippen molar-refractivity contribution >= 4 is 60.7 Å². The fraction of sp³-hybridized carbons (Fsp3) is 0. The Kier molecular flexibility index (Phi) is 5.08. The van der Waals surface area contributed by atoms with Crippen LogP contribution in [0.5, 0.6) is 0 Å².